The first kappa shape index (κ1) is 11.6. The molecule has 0 bridgehead atoms. The number of benzene rings is 1. The van der Waals surface area contributed by atoms with E-state index in [9.17, 15) is 5.11 Å². The minimum Gasteiger partial charge on any atom is -0.393 e. The largest absolute Gasteiger partial charge is 0.393 e. The van der Waals surface area contributed by atoms with Crippen LogP contribution < -0.4 is 0 Å². The van der Waals surface area contributed by atoms with Gasteiger partial charge in [0.05, 0.1) is 18.3 Å². The van der Waals surface area contributed by atoms with Crippen LogP contribution in [0.5, 0.6) is 0 Å². The van der Waals surface area contributed by atoms with Gasteiger partial charge in [-0.1, -0.05) is 43.7 Å². The van der Waals surface area contributed by atoms with Crippen LogP contribution in [-0.2, 0) is 10.3 Å². The fraction of sp³-hybridized carbons (Fsp3) is 0.571. The lowest BCUT2D eigenvalue weighted by Crippen LogP contribution is -2.39. The van der Waals surface area contributed by atoms with E-state index in [1.807, 2.05) is 18.2 Å². The zero-order valence-corrected chi connectivity index (χ0v) is 9.86. The number of hydrogen-bond donors (Lipinski definition) is 1. The van der Waals surface area contributed by atoms with Crippen molar-refractivity contribution in [3.8, 4) is 0 Å². The highest BCUT2D eigenvalue weighted by Gasteiger charge is 2.37. The van der Waals surface area contributed by atoms with Gasteiger partial charge in [0, 0.05) is 6.42 Å². The van der Waals surface area contributed by atoms with E-state index in [-0.39, 0.29) is 11.7 Å². The average molecular weight is 220 g/mol. The SMILES string of the molecule is CCCC1(c2ccccc2)CC(O)CCO1. The number of ether oxygens (including phenoxy) is 1. The molecule has 2 atom stereocenters. The minimum atomic E-state index is -0.256. The van der Waals surface area contributed by atoms with Gasteiger partial charge in [-0.25, -0.2) is 0 Å². The monoisotopic (exact) mass is 220 g/mol. The molecule has 1 saturated heterocycles. The molecule has 2 nitrogen and oxygen atoms in total. The van der Waals surface area contributed by atoms with Crippen molar-refractivity contribution in [3.05, 3.63) is 35.9 Å². The summed E-state index contributed by atoms with van der Waals surface area (Å²) >= 11 is 0. The molecule has 1 aliphatic heterocycles. The highest BCUT2D eigenvalue weighted by Crippen LogP contribution is 2.39. The first-order chi connectivity index (χ1) is 7.77. The number of aliphatic hydroxyl groups excluding tert-OH is 1. The summed E-state index contributed by atoms with van der Waals surface area (Å²) in [6, 6.07) is 10.3. The Labute approximate surface area is 97.3 Å². The van der Waals surface area contributed by atoms with Crippen molar-refractivity contribution in [2.24, 2.45) is 0 Å². The zero-order chi connectivity index (χ0) is 11.4. The Hall–Kier alpha value is -0.860. The van der Waals surface area contributed by atoms with E-state index < -0.39 is 0 Å². The molecular formula is C14H20O2. The lowest BCUT2D eigenvalue weighted by Gasteiger charge is -2.40. The lowest BCUT2D eigenvalue weighted by atomic mass is 9.82. The molecule has 0 saturated carbocycles. The average Bonchev–Trinajstić information content (AvgIpc) is 2.31. The molecule has 0 radical (unpaired) electrons. The fourth-order valence-electron chi connectivity index (χ4n) is 2.60. The second-order valence-electron chi connectivity index (χ2n) is 4.61. The van der Waals surface area contributed by atoms with Crippen LogP contribution in [0.1, 0.15) is 38.2 Å². The first-order valence-electron chi connectivity index (χ1n) is 6.14. The molecule has 16 heavy (non-hydrogen) atoms. The number of aliphatic hydroxyl groups is 1. The van der Waals surface area contributed by atoms with Gasteiger partial charge in [0.2, 0.25) is 0 Å². The van der Waals surface area contributed by atoms with Gasteiger partial charge >= 0.3 is 0 Å². The van der Waals surface area contributed by atoms with Crippen molar-refractivity contribution >= 4 is 0 Å². The van der Waals surface area contributed by atoms with Crippen LogP contribution in [0.15, 0.2) is 30.3 Å². The van der Waals surface area contributed by atoms with Crippen molar-refractivity contribution in [1.29, 1.82) is 0 Å². The number of hydrogen-bond acceptors (Lipinski definition) is 2. The van der Waals surface area contributed by atoms with Gasteiger partial charge in [0.15, 0.2) is 0 Å². The first-order valence-corrected chi connectivity index (χ1v) is 6.14. The second kappa shape index (κ2) is 4.98. The van der Waals surface area contributed by atoms with Crippen LogP contribution in [0.25, 0.3) is 0 Å². The Morgan fingerprint density at radius 1 is 1.38 bits per heavy atom. The second-order valence-corrected chi connectivity index (χ2v) is 4.61. The summed E-state index contributed by atoms with van der Waals surface area (Å²) in [7, 11) is 0. The van der Waals surface area contributed by atoms with E-state index in [2.05, 4.69) is 19.1 Å². The van der Waals surface area contributed by atoms with Crippen molar-refractivity contribution in [2.75, 3.05) is 6.61 Å². The third-order valence-corrected chi connectivity index (χ3v) is 3.35. The highest BCUT2D eigenvalue weighted by molar-refractivity contribution is 5.23. The summed E-state index contributed by atoms with van der Waals surface area (Å²) in [4.78, 5) is 0. The third-order valence-electron chi connectivity index (χ3n) is 3.35. The zero-order valence-electron chi connectivity index (χ0n) is 9.86. The molecule has 0 amide bonds. The predicted molar refractivity (Wildman–Crippen MR) is 64.2 cm³/mol. The molecule has 2 unspecified atom stereocenters. The van der Waals surface area contributed by atoms with Crippen LogP contribution in [0.3, 0.4) is 0 Å². The van der Waals surface area contributed by atoms with E-state index >= 15 is 0 Å². The lowest BCUT2D eigenvalue weighted by molar-refractivity contribution is -0.128. The van der Waals surface area contributed by atoms with Crippen LogP contribution in [-0.4, -0.2) is 17.8 Å². The van der Waals surface area contributed by atoms with Crippen molar-refractivity contribution in [1.82, 2.24) is 0 Å². The maximum atomic E-state index is 9.85. The van der Waals surface area contributed by atoms with Gasteiger partial charge in [-0.05, 0) is 18.4 Å². The molecule has 88 valence electrons. The van der Waals surface area contributed by atoms with Crippen LogP contribution in [0, 0.1) is 0 Å². The van der Waals surface area contributed by atoms with E-state index in [4.69, 9.17) is 4.74 Å². The van der Waals surface area contributed by atoms with Gasteiger partial charge in [0.1, 0.15) is 0 Å². The van der Waals surface area contributed by atoms with Crippen molar-refractivity contribution in [3.63, 3.8) is 0 Å². The molecule has 0 aliphatic carbocycles. The van der Waals surface area contributed by atoms with Crippen LogP contribution >= 0.6 is 0 Å². The molecule has 1 aliphatic rings. The van der Waals surface area contributed by atoms with Crippen molar-refractivity contribution in [2.45, 2.75) is 44.3 Å². The summed E-state index contributed by atoms with van der Waals surface area (Å²) < 4.78 is 6.00. The van der Waals surface area contributed by atoms with Crippen LogP contribution in [0.2, 0.25) is 0 Å². The van der Waals surface area contributed by atoms with Gasteiger partial charge < -0.3 is 9.84 Å². The quantitative estimate of drug-likeness (QED) is 0.848. The number of rotatable bonds is 3. The maximum Gasteiger partial charge on any atom is 0.0955 e. The molecule has 1 aromatic rings. The van der Waals surface area contributed by atoms with Gasteiger partial charge in [0.25, 0.3) is 0 Å². The van der Waals surface area contributed by atoms with Crippen LogP contribution in [0.4, 0.5) is 0 Å². The molecule has 1 aromatic carbocycles. The molecule has 1 fully saturated rings. The highest BCUT2D eigenvalue weighted by atomic mass is 16.5. The molecule has 1 heterocycles. The molecule has 2 heteroatoms. The topological polar surface area (TPSA) is 29.5 Å². The molecule has 1 N–H and O–H groups in total. The summed E-state index contributed by atoms with van der Waals surface area (Å²) in [5.41, 5.74) is 0.948. The molecule has 0 aromatic heterocycles. The Bertz CT molecular complexity index is 319. The molecule has 0 spiro atoms. The molecular weight excluding hydrogens is 200 g/mol. The fourth-order valence-corrected chi connectivity index (χ4v) is 2.60. The molecule has 2 rings (SSSR count). The third kappa shape index (κ3) is 2.28. The van der Waals surface area contributed by atoms with Crippen molar-refractivity contribution < 1.29 is 9.84 Å². The Kier molecular flexibility index (Phi) is 3.62. The standard InChI is InChI=1S/C14H20O2/c1-2-9-14(11-13(15)8-10-16-14)12-6-4-3-5-7-12/h3-7,13,15H,2,8-11H2,1H3. The van der Waals surface area contributed by atoms with E-state index in [0.29, 0.717) is 6.61 Å². The van der Waals surface area contributed by atoms with E-state index in [1.165, 1.54) is 5.56 Å². The van der Waals surface area contributed by atoms with Gasteiger partial charge in [-0.15, -0.1) is 0 Å². The Morgan fingerprint density at radius 2 is 2.12 bits per heavy atom. The summed E-state index contributed by atoms with van der Waals surface area (Å²) in [5.74, 6) is 0. The van der Waals surface area contributed by atoms with E-state index in [0.717, 1.165) is 25.7 Å². The van der Waals surface area contributed by atoms with Gasteiger partial charge in [-0.2, -0.15) is 0 Å². The Balaban J connectivity index is 2.27. The summed E-state index contributed by atoms with van der Waals surface area (Å²) in [6.45, 7) is 2.82. The maximum absolute atomic E-state index is 9.85. The van der Waals surface area contributed by atoms with E-state index in [1.54, 1.807) is 0 Å². The smallest absolute Gasteiger partial charge is 0.0955 e. The minimum absolute atomic E-state index is 0.222. The van der Waals surface area contributed by atoms with Gasteiger partial charge in [-0.3, -0.25) is 0 Å². The predicted octanol–water partition coefficient (Wildman–Crippen LogP) is 2.85. The Morgan fingerprint density at radius 3 is 2.75 bits per heavy atom. The summed E-state index contributed by atoms with van der Waals surface area (Å²) in [5, 5.41) is 9.85. The normalized spacial score (nSPS) is 30.2. The summed E-state index contributed by atoms with van der Waals surface area (Å²) in [6.07, 6.45) is 3.32.